The van der Waals surface area contributed by atoms with Crippen molar-refractivity contribution in [3.63, 3.8) is 0 Å². The molecule has 0 unspecified atom stereocenters. The molecule has 0 spiro atoms. The fourth-order valence-corrected chi connectivity index (χ4v) is 1.10. The predicted molar refractivity (Wildman–Crippen MR) is 57.4 cm³/mol. The normalized spacial score (nSPS) is 9.17. The van der Waals surface area contributed by atoms with Crippen molar-refractivity contribution in [3.05, 3.63) is 28.5 Å². The molecule has 0 aliphatic rings. The minimum atomic E-state index is 0.512. The van der Waals surface area contributed by atoms with Crippen molar-refractivity contribution in [2.24, 2.45) is 0 Å². The summed E-state index contributed by atoms with van der Waals surface area (Å²) in [5, 5.41) is 0. The van der Waals surface area contributed by atoms with E-state index in [0.717, 1.165) is 10.3 Å². The number of pyridine rings is 1. The molecule has 12 heavy (non-hydrogen) atoms. The first kappa shape index (κ1) is 11.6. The fraction of sp³-hybridized carbons (Fsp3) is 0.500. The van der Waals surface area contributed by atoms with Crippen LogP contribution in [0.25, 0.3) is 0 Å². The average Bonchev–Trinajstić information content (AvgIpc) is 2.08. The van der Waals surface area contributed by atoms with Crippen molar-refractivity contribution < 1.29 is 0 Å². The zero-order valence-electron chi connectivity index (χ0n) is 8.13. The van der Waals surface area contributed by atoms with Crippen molar-refractivity contribution >= 4 is 15.9 Å². The molecular formula is C10H16BrN. The van der Waals surface area contributed by atoms with Gasteiger partial charge in [-0.15, -0.1) is 0 Å². The second-order valence-corrected chi connectivity index (χ2v) is 3.35. The van der Waals surface area contributed by atoms with E-state index in [1.54, 1.807) is 0 Å². The number of halogens is 1. The van der Waals surface area contributed by atoms with E-state index in [4.69, 9.17) is 0 Å². The molecule has 0 N–H and O–H groups in total. The summed E-state index contributed by atoms with van der Waals surface area (Å²) in [4.78, 5) is 4.29. The van der Waals surface area contributed by atoms with Crippen molar-refractivity contribution in [2.45, 2.75) is 33.6 Å². The summed E-state index contributed by atoms with van der Waals surface area (Å²) < 4.78 is 0.915. The van der Waals surface area contributed by atoms with Crippen LogP contribution in [0.2, 0.25) is 0 Å². The van der Waals surface area contributed by atoms with Crippen LogP contribution >= 0.6 is 15.9 Å². The molecule has 0 amide bonds. The molecule has 0 atom stereocenters. The third kappa shape index (κ3) is 3.86. The summed E-state index contributed by atoms with van der Waals surface area (Å²) in [6, 6.07) is 5.98. The summed E-state index contributed by atoms with van der Waals surface area (Å²) >= 11 is 3.32. The molecule has 1 aromatic heterocycles. The van der Waals surface area contributed by atoms with Crippen LogP contribution in [0.1, 0.15) is 39.3 Å². The average molecular weight is 230 g/mol. The quantitative estimate of drug-likeness (QED) is 0.664. The van der Waals surface area contributed by atoms with Crippen LogP contribution in [0.15, 0.2) is 22.8 Å². The molecule has 1 heterocycles. The first-order chi connectivity index (χ1) is 5.70. The van der Waals surface area contributed by atoms with E-state index in [2.05, 4.69) is 34.8 Å². The smallest absolute Gasteiger partial charge is 0.106 e. The minimum Gasteiger partial charge on any atom is -0.246 e. The molecule has 2 heteroatoms. The molecule has 1 aromatic rings. The van der Waals surface area contributed by atoms with Crippen LogP contribution in [-0.4, -0.2) is 4.98 Å². The third-order valence-electron chi connectivity index (χ3n) is 1.33. The molecule has 0 saturated heterocycles. The maximum atomic E-state index is 4.29. The number of hydrogen-bond acceptors (Lipinski definition) is 1. The summed E-state index contributed by atoms with van der Waals surface area (Å²) in [6.45, 7) is 8.27. The molecule has 0 aromatic carbocycles. The Bertz CT molecular complexity index is 221. The molecule has 68 valence electrons. The van der Waals surface area contributed by atoms with Gasteiger partial charge in [-0.2, -0.15) is 0 Å². The fourth-order valence-electron chi connectivity index (χ4n) is 0.746. The largest absolute Gasteiger partial charge is 0.246 e. The maximum Gasteiger partial charge on any atom is 0.106 e. The molecular weight excluding hydrogens is 214 g/mol. The van der Waals surface area contributed by atoms with Gasteiger partial charge < -0.3 is 0 Å². The Balaban J connectivity index is 0.000000561. The highest BCUT2D eigenvalue weighted by molar-refractivity contribution is 9.10. The second kappa shape index (κ2) is 6.18. The van der Waals surface area contributed by atoms with Gasteiger partial charge in [-0.1, -0.05) is 33.8 Å². The first-order valence-corrected chi connectivity index (χ1v) is 5.12. The zero-order valence-corrected chi connectivity index (χ0v) is 9.72. The van der Waals surface area contributed by atoms with Crippen LogP contribution in [0.4, 0.5) is 0 Å². The molecule has 0 fully saturated rings. The predicted octanol–water partition coefficient (Wildman–Crippen LogP) is 3.99. The van der Waals surface area contributed by atoms with E-state index in [1.807, 2.05) is 32.0 Å². The molecule has 0 aliphatic carbocycles. The molecule has 0 radical (unpaired) electrons. The Kier molecular flexibility index (Phi) is 5.99. The van der Waals surface area contributed by atoms with Crippen LogP contribution in [0.5, 0.6) is 0 Å². The Hall–Kier alpha value is -0.370. The van der Waals surface area contributed by atoms with Crippen LogP contribution in [-0.2, 0) is 0 Å². The van der Waals surface area contributed by atoms with E-state index in [0.29, 0.717) is 5.92 Å². The van der Waals surface area contributed by atoms with Gasteiger partial charge in [-0.3, -0.25) is 0 Å². The Labute approximate surface area is 83.3 Å². The van der Waals surface area contributed by atoms with Gasteiger partial charge in [0.1, 0.15) is 4.60 Å². The Morgan fingerprint density at radius 1 is 1.25 bits per heavy atom. The van der Waals surface area contributed by atoms with Gasteiger partial charge in [0.05, 0.1) is 0 Å². The first-order valence-electron chi connectivity index (χ1n) is 4.32. The van der Waals surface area contributed by atoms with Gasteiger partial charge in [0.2, 0.25) is 0 Å². The highest BCUT2D eigenvalue weighted by atomic mass is 79.9. The van der Waals surface area contributed by atoms with Crippen LogP contribution < -0.4 is 0 Å². The lowest BCUT2D eigenvalue weighted by molar-refractivity contribution is 0.818. The number of rotatable bonds is 1. The molecule has 0 saturated carbocycles. The Morgan fingerprint density at radius 3 is 2.17 bits per heavy atom. The molecule has 1 nitrogen and oxygen atoms in total. The lowest BCUT2D eigenvalue weighted by Gasteiger charge is -2.02. The number of nitrogens with zero attached hydrogens (tertiary/aromatic N) is 1. The topological polar surface area (TPSA) is 12.9 Å². The summed E-state index contributed by atoms with van der Waals surface area (Å²) in [6.07, 6.45) is 0. The number of aromatic nitrogens is 1. The maximum absolute atomic E-state index is 4.29. The Morgan fingerprint density at radius 2 is 1.83 bits per heavy atom. The van der Waals surface area contributed by atoms with Crippen LogP contribution in [0.3, 0.4) is 0 Å². The van der Waals surface area contributed by atoms with E-state index in [1.165, 1.54) is 0 Å². The lowest BCUT2D eigenvalue weighted by atomic mass is 10.1. The van der Waals surface area contributed by atoms with Gasteiger partial charge in [-0.05, 0) is 34.0 Å². The molecule has 0 bridgehead atoms. The van der Waals surface area contributed by atoms with Gasteiger partial charge >= 0.3 is 0 Å². The SMILES string of the molecule is CC.CC(C)c1cccc(Br)n1. The van der Waals surface area contributed by atoms with E-state index in [9.17, 15) is 0 Å². The van der Waals surface area contributed by atoms with Crippen LogP contribution in [0, 0.1) is 0 Å². The monoisotopic (exact) mass is 229 g/mol. The molecule has 1 rings (SSSR count). The number of hydrogen-bond donors (Lipinski definition) is 0. The van der Waals surface area contributed by atoms with Gasteiger partial charge in [-0.25, -0.2) is 4.98 Å². The molecule has 0 aliphatic heterocycles. The third-order valence-corrected chi connectivity index (χ3v) is 1.77. The lowest BCUT2D eigenvalue weighted by Crippen LogP contribution is -1.90. The summed E-state index contributed by atoms with van der Waals surface area (Å²) in [7, 11) is 0. The van der Waals surface area contributed by atoms with E-state index >= 15 is 0 Å². The highest BCUT2D eigenvalue weighted by Crippen LogP contribution is 2.13. The van der Waals surface area contributed by atoms with E-state index in [-0.39, 0.29) is 0 Å². The minimum absolute atomic E-state index is 0.512. The van der Waals surface area contributed by atoms with Crippen molar-refractivity contribution in [2.75, 3.05) is 0 Å². The van der Waals surface area contributed by atoms with E-state index < -0.39 is 0 Å². The van der Waals surface area contributed by atoms with Gasteiger partial charge in [0.25, 0.3) is 0 Å². The van der Waals surface area contributed by atoms with Crippen molar-refractivity contribution in [3.8, 4) is 0 Å². The summed E-state index contributed by atoms with van der Waals surface area (Å²) in [5.41, 5.74) is 1.13. The highest BCUT2D eigenvalue weighted by Gasteiger charge is 1.98. The second-order valence-electron chi connectivity index (χ2n) is 2.54. The standard InChI is InChI=1S/C8H10BrN.C2H6/c1-6(2)7-4-3-5-8(9)10-7;1-2/h3-6H,1-2H3;1-2H3. The zero-order chi connectivity index (χ0) is 9.56. The van der Waals surface area contributed by atoms with Gasteiger partial charge in [0.15, 0.2) is 0 Å². The summed E-state index contributed by atoms with van der Waals surface area (Å²) in [5.74, 6) is 0.512. The van der Waals surface area contributed by atoms with Gasteiger partial charge in [0, 0.05) is 5.69 Å². The van der Waals surface area contributed by atoms with Crippen molar-refractivity contribution in [1.82, 2.24) is 4.98 Å². The van der Waals surface area contributed by atoms with Crippen molar-refractivity contribution in [1.29, 1.82) is 0 Å².